The van der Waals surface area contributed by atoms with E-state index in [1.165, 1.54) is 18.1 Å². The first-order valence-corrected chi connectivity index (χ1v) is 7.66. The molecule has 0 amide bonds. The second kappa shape index (κ2) is 8.11. The fourth-order valence-electron chi connectivity index (χ4n) is 2.21. The molecule has 0 saturated carbocycles. The van der Waals surface area contributed by atoms with Gasteiger partial charge >= 0.3 is 11.9 Å². The van der Waals surface area contributed by atoms with Gasteiger partial charge in [-0.25, -0.2) is 9.59 Å². The Kier molecular flexibility index (Phi) is 6.16. The molecule has 0 aliphatic carbocycles. The molecule has 0 aromatic heterocycles. The van der Waals surface area contributed by atoms with Gasteiger partial charge < -0.3 is 19.1 Å². The van der Waals surface area contributed by atoms with Crippen molar-refractivity contribution in [3.63, 3.8) is 0 Å². The van der Waals surface area contributed by atoms with Gasteiger partial charge in [-0.1, -0.05) is 23.9 Å². The van der Waals surface area contributed by atoms with Crippen LogP contribution in [0.1, 0.15) is 0 Å². The lowest BCUT2D eigenvalue weighted by Gasteiger charge is -2.32. The maximum atomic E-state index is 12.8. The van der Waals surface area contributed by atoms with Crippen LogP contribution in [0.5, 0.6) is 0 Å². The van der Waals surface area contributed by atoms with Gasteiger partial charge in [0.25, 0.3) is 5.76 Å². The highest BCUT2D eigenvalue weighted by molar-refractivity contribution is 7.99. The maximum absolute atomic E-state index is 12.8. The monoisotopic (exact) mass is 359 g/mol. The number of thioether (sulfide) groups is 1. The van der Waals surface area contributed by atoms with Gasteiger partial charge in [-0.05, 0) is 12.1 Å². The predicted octanol–water partition coefficient (Wildman–Crippen LogP) is 2.40. The number of alkyl halides is 2. The summed E-state index contributed by atoms with van der Waals surface area (Å²) < 4.78 is 40.3. The van der Waals surface area contributed by atoms with E-state index in [-0.39, 0.29) is 29.5 Å². The Morgan fingerprint density at radius 1 is 1.21 bits per heavy atom. The third-order valence-electron chi connectivity index (χ3n) is 3.21. The molecular weight excluding hydrogens is 344 g/mol. The molecule has 1 aliphatic heterocycles. The SMILES string of the molecule is COC(=O)C1=C(C(=O)OC)N(c2ccccc2SC(F)F)COC1. The molecule has 0 fully saturated rings. The van der Waals surface area contributed by atoms with E-state index in [4.69, 9.17) is 9.47 Å². The van der Waals surface area contributed by atoms with Crippen molar-refractivity contribution < 1.29 is 32.6 Å². The van der Waals surface area contributed by atoms with Crippen molar-refractivity contribution >= 4 is 29.4 Å². The van der Waals surface area contributed by atoms with E-state index in [1.807, 2.05) is 0 Å². The van der Waals surface area contributed by atoms with Gasteiger partial charge in [0, 0.05) is 4.90 Å². The van der Waals surface area contributed by atoms with Crippen LogP contribution in [-0.2, 0) is 23.8 Å². The molecule has 1 heterocycles. The minimum Gasteiger partial charge on any atom is -0.466 e. The number of hydrogen-bond acceptors (Lipinski definition) is 7. The van der Waals surface area contributed by atoms with Crippen LogP contribution in [-0.4, -0.2) is 45.3 Å². The van der Waals surface area contributed by atoms with E-state index < -0.39 is 17.7 Å². The van der Waals surface area contributed by atoms with E-state index in [2.05, 4.69) is 4.74 Å². The Bertz CT molecular complexity index is 665. The van der Waals surface area contributed by atoms with Crippen molar-refractivity contribution in [2.45, 2.75) is 10.7 Å². The third-order valence-corrected chi connectivity index (χ3v) is 3.98. The summed E-state index contributed by atoms with van der Waals surface area (Å²) in [5.74, 6) is -4.17. The van der Waals surface area contributed by atoms with Crippen molar-refractivity contribution in [1.29, 1.82) is 0 Å². The minimum absolute atomic E-state index is 0.0348. The van der Waals surface area contributed by atoms with Crippen LogP contribution in [0.25, 0.3) is 0 Å². The number of carbonyl (C=O) groups is 2. The zero-order valence-electron chi connectivity index (χ0n) is 13.0. The second-order valence-electron chi connectivity index (χ2n) is 4.56. The molecule has 0 radical (unpaired) electrons. The molecule has 130 valence electrons. The van der Waals surface area contributed by atoms with Crippen molar-refractivity contribution in [2.75, 3.05) is 32.5 Å². The summed E-state index contributed by atoms with van der Waals surface area (Å²) in [5, 5.41) is 0. The van der Waals surface area contributed by atoms with Gasteiger partial charge in [0.2, 0.25) is 0 Å². The molecule has 1 aromatic carbocycles. The first-order valence-electron chi connectivity index (χ1n) is 6.78. The Morgan fingerprint density at radius 3 is 2.50 bits per heavy atom. The lowest BCUT2D eigenvalue weighted by atomic mass is 10.1. The van der Waals surface area contributed by atoms with Crippen LogP contribution in [0.15, 0.2) is 40.4 Å². The number of carbonyl (C=O) groups excluding carboxylic acids is 2. The first-order chi connectivity index (χ1) is 11.5. The Labute approximate surface area is 141 Å². The number of nitrogens with zero attached hydrogens (tertiary/aromatic N) is 1. The number of para-hydroxylation sites is 1. The van der Waals surface area contributed by atoms with Crippen LogP contribution in [0, 0.1) is 0 Å². The highest BCUT2D eigenvalue weighted by Gasteiger charge is 2.33. The Hall–Kier alpha value is -2.13. The molecule has 0 atom stereocenters. The van der Waals surface area contributed by atoms with Crippen LogP contribution >= 0.6 is 11.8 Å². The average Bonchev–Trinajstić information content (AvgIpc) is 2.59. The highest BCUT2D eigenvalue weighted by Crippen LogP contribution is 2.37. The van der Waals surface area contributed by atoms with Crippen LogP contribution in [0.2, 0.25) is 0 Å². The minimum atomic E-state index is -2.64. The summed E-state index contributed by atoms with van der Waals surface area (Å²) in [4.78, 5) is 25.7. The number of ether oxygens (including phenoxy) is 3. The largest absolute Gasteiger partial charge is 0.466 e. The molecule has 24 heavy (non-hydrogen) atoms. The maximum Gasteiger partial charge on any atom is 0.355 e. The lowest BCUT2D eigenvalue weighted by molar-refractivity contribution is -0.140. The van der Waals surface area contributed by atoms with Gasteiger partial charge in [0.15, 0.2) is 0 Å². The van der Waals surface area contributed by atoms with E-state index in [1.54, 1.807) is 18.2 Å². The molecule has 0 saturated heterocycles. The molecule has 0 bridgehead atoms. The fraction of sp³-hybridized carbons (Fsp3) is 0.333. The average molecular weight is 359 g/mol. The number of esters is 2. The molecule has 0 N–H and O–H groups in total. The number of halogens is 2. The van der Waals surface area contributed by atoms with E-state index in [0.717, 1.165) is 7.11 Å². The van der Waals surface area contributed by atoms with Crippen molar-refractivity contribution in [3.05, 3.63) is 35.5 Å². The Morgan fingerprint density at radius 2 is 1.88 bits per heavy atom. The van der Waals surface area contributed by atoms with Gasteiger partial charge in [-0.15, -0.1) is 0 Å². The number of benzene rings is 1. The smallest absolute Gasteiger partial charge is 0.355 e. The number of hydrogen-bond donors (Lipinski definition) is 0. The predicted molar refractivity (Wildman–Crippen MR) is 82.7 cm³/mol. The van der Waals surface area contributed by atoms with E-state index in [9.17, 15) is 18.4 Å². The highest BCUT2D eigenvalue weighted by atomic mass is 32.2. The van der Waals surface area contributed by atoms with Gasteiger partial charge in [0.05, 0.1) is 32.1 Å². The second-order valence-corrected chi connectivity index (χ2v) is 5.59. The lowest BCUT2D eigenvalue weighted by Crippen LogP contribution is -2.39. The molecule has 0 spiro atoms. The summed E-state index contributed by atoms with van der Waals surface area (Å²) >= 11 is 0.334. The van der Waals surface area contributed by atoms with Crippen molar-refractivity contribution in [1.82, 2.24) is 0 Å². The molecular formula is C15H15F2NO5S. The number of rotatable bonds is 5. The number of methoxy groups -OCH3 is 2. The van der Waals surface area contributed by atoms with Gasteiger partial charge in [-0.2, -0.15) is 8.78 Å². The molecule has 2 rings (SSSR count). The summed E-state index contributed by atoms with van der Waals surface area (Å²) in [6.07, 6.45) is 0. The Balaban J connectivity index is 2.55. The van der Waals surface area contributed by atoms with Crippen LogP contribution in [0.3, 0.4) is 0 Å². The molecule has 0 unspecified atom stereocenters. The summed E-state index contributed by atoms with van der Waals surface area (Å²) in [5.41, 5.74) is 0.190. The topological polar surface area (TPSA) is 65.1 Å². The van der Waals surface area contributed by atoms with Crippen LogP contribution in [0.4, 0.5) is 14.5 Å². The quantitative estimate of drug-likeness (QED) is 0.591. The summed E-state index contributed by atoms with van der Waals surface area (Å²) in [7, 11) is 2.33. The third kappa shape index (κ3) is 3.85. The molecule has 9 heteroatoms. The zero-order chi connectivity index (χ0) is 17.7. The first kappa shape index (κ1) is 18.2. The number of anilines is 1. The molecule has 1 aromatic rings. The van der Waals surface area contributed by atoms with E-state index in [0.29, 0.717) is 17.4 Å². The summed E-state index contributed by atoms with van der Waals surface area (Å²) in [6.45, 7) is -0.233. The van der Waals surface area contributed by atoms with Crippen LogP contribution < -0.4 is 4.90 Å². The zero-order valence-corrected chi connectivity index (χ0v) is 13.8. The molecule has 6 nitrogen and oxygen atoms in total. The van der Waals surface area contributed by atoms with Crippen molar-refractivity contribution in [3.8, 4) is 0 Å². The summed E-state index contributed by atoms with van der Waals surface area (Å²) in [6, 6.07) is 6.28. The van der Waals surface area contributed by atoms with E-state index >= 15 is 0 Å². The van der Waals surface area contributed by atoms with Gasteiger partial charge in [-0.3, -0.25) is 0 Å². The molecule has 1 aliphatic rings. The standard InChI is InChI=1S/C15H15F2NO5S/c1-21-13(19)9-7-23-8-18(12(9)14(20)22-2)10-5-3-4-6-11(10)24-15(16)17/h3-6,15H,7-8H2,1-2H3. The van der Waals surface area contributed by atoms with Gasteiger partial charge in [0.1, 0.15) is 12.4 Å². The fourth-order valence-corrected chi connectivity index (χ4v) is 2.86. The van der Waals surface area contributed by atoms with Crippen molar-refractivity contribution in [2.24, 2.45) is 0 Å². The normalized spacial score (nSPS) is 14.8.